The fraction of sp³-hybridized carbons (Fsp3) is 0.133. The zero-order valence-corrected chi connectivity index (χ0v) is 10.1. The summed E-state index contributed by atoms with van der Waals surface area (Å²) in [5.74, 6) is 1.80. The number of aryl methyl sites for hydroxylation is 1. The number of nitrogens with zero attached hydrogens (tertiary/aromatic N) is 2. The first-order chi connectivity index (χ1) is 8.84. The SMILES string of the molecule is Cc1nc2ccccc2n1COc1cc[c]cc1. The summed E-state index contributed by atoms with van der Waals surface area (Å²) in [6.07, 6.45) is 0. The van der Waals surface area contributed by atoms with Crippen molar-refractivity contribution in [2.24, 2.45) is 0 Å². The van der Waals surface area contributed by atoms with Gasteiger partial charge in [0, 0.05) is 0 Å². The van der Waals surface area contributed by atoms with Crippen LogP contribution in [0.15, 0.2) is 48.5 Å². The molecule has 3 aromatic rings. The van der Waals surface area contributed by atoms with Crippen molar-refractivity contribution < 1.29 is 4.74 Å². The molecule has 0 aliphatic heterocycles. The van der Waals surface area contributed by atoms with Gasteiger partial charge < -0.3 is 4.74 Å². The lowest BCUT2D eigenvalue weighted by molar-refractivity contribution is 0.238. The number of imidazole rings is 1. The lowest BCUT2D eigenvalue weighted by Crippen LogP contribution is -2.06. The smallest absolute Gasteiger partial charge is 0.166 e. The lowest BCUT2D eigenvalue weighted by Gasteiger charge is -2.09. The fourth-order valence-electron chi connectivity index (χ4n) is 1.97. The van der Waals surface area contributed by atoms with Crippen LogP contribution in [0.25, 0.3) is 11.0 Å². The molecule has 2 aromatic carbocycles. The van der Waals surface area contributed by atoms with Crippen LogP contribution in [0.5, 0.6) is 5.75 Å². The third-order valence-electron chi connectivity index (χ3n) is 2.89. The Morgan fingerprint density at radius 3 is 2.78 bits per heavy atom. The van der Waals surface area contributed by atoms with Crippen molar-refractivity contribution in [3.05, 3.63) is 60.4 Å². The minimum atomic E-state index is 0.469. The Hall–Kier alpha value is -2.29. The molecular weight excluding hydrogens is 224 g/mol. The van der Waals surface area contributed by atoms with Gasteiger partial charge in [-0.25, -0.2) is 4.98 Å². The predicted octanol–water partition coefficient (Wildman–Crippen LogP) is 3.18. The maximum absolute atomic E-state index is 5.74. The summed E-state index contributed by atoms with van der Waals surface area (Å²) in [6, 6.07) is 18.5. The first-order valence-corrected chi connectivity index (χ1v) is 5.85. The number of fused-ring (bicyclic) bond motifs is 1. The molecule has 0 spiro atoms. The highest BCUT2D eigenvalue weighted by Crippen LogP contribution is 2.16. The van der Waals surface area contributed by atoms with Gasteiger partial charge in [0.25, 0.3) is 0 Å². The van der Waals surface area contributed by atoms with E-state index in [1.54, 1.807) is 0 Å². The standard InChI is InChI=1S/C15H13N2O/c1-12-16-14-9-5-6-10-15(14)17(12)11-18-13-7-3-2-4-8-13/h3-10H,11H2,1H3. The van der Waals surface area contributed by atoms with E-state index in [0.29, 0.717) is 6.73 Å². The summed E-state index contributed by atoms with van der Waals surface area (Å²) in [5, 5.41) is 0. The summed E-state index contributed by atoms with van der Waals surface area (Å²) < 4.78 is 7.80. The number of ether oxygens (including phenoxy) is 1. The Kier molecular flexibility index (Phi) is 2.73. The molecule has 0 aliphatic rings. The quantitative estimate of drug-likeness (QED) is 0.699. The van der Waals surface area contributed by atoms with Crippen LogP contribution >= 0.6 is 0 Å². The normalized spacial score (nSPS) is 10.7. The van der Waals surface area contributed by atoms with Gasteiger partial charge in [0.2, 0.25) is 0 Å². The Morgan fingerprint density at radius 2 is 1.94 bits per heavy atom. The van der Waals surface area contributed by atoms with Crippen molar-refractivity contribution in [1.29, 1.82) is 0 Å². The Bertz CT molecular complexity index is 659. The van der Waals surface area contributed by atoms with Gasteiger partial charge in [0.05, 0.1) is 11.0 Å². The van der Waals surface area contributed by atoms with Crippen LogP contribution in [-0.2, 0) is 6.73 Å². The average Bonchev–Trinajstić information content (AvgIpc) is 2.73. The topological polar surface area (TPSA) is 27.1 Å². The van der Waals surface area contributed by atoms with Crippen molar-refractivity contribution in [3.63, 3.8) is 0 Å². The van der Waals surface area contributed by atoms with E-state index < -0.39 is 0 Å². The van der Waals surface area contributed by atoms with E-state index in [2.05, 4.69) is 21.7 Å². The number of para-hydroxylation sites is 2. The second kappa shape index (κ2) is 4.53. The molecule has 0 aliphatic carbocycles. The number of rotatable bonds is 3. The van der Waals surface area contributed by atoms with Crippen molar-refractivity contribution in [3.8, 4) is 5.75 Å². The third-order valence-corrected chi connectivity index (χ3v) is 2.89. The van der Waals surface area contributed by atoms with Gasteiger partial charge in [0.1, 0.15) is 11.6 Å². The molecule has 1 radical (unpaired) electrons. The van der Waals surface area contributed by atoms with Crippen LogP contribution in [0.4, 0.5) is 0 Å². The molecule has 0 unspecified atom stereocenters. The first kappa shape index (κ1) is 10.8. The van der Waals surface area contributed by atoms with Crippen LogP contribution in [0.1, 0.15) is 5.82 Å². The Balaban J connectivity index is 1.89. The molecule has 3 rings (SSSR count). The molecule has 0 saturated heterocycles. The van der Waals surface area contributed by atoms with Gasteiger partial charge in [-0.1, -0.05) is 24.3 Å². The van der Waals surface area contributed by atoms with Crippen LogP contribution in [0.2, 0.25) is 0 Å². The molecular formula is C15H13N2O. The fourth-order valence-corrected chi connectivity index (χ4v) is 1.97. The second-order valence-electron chi connectivity index (χ2n) is 4.08. The van der Waals surface area contributed by atoms with E-state index in [1.165, 1.54) is 0 Å². The van der Waals surface area contributed by atoms with Gasteiger partial charge in [-0.15, -0.1) is 0 Å². The van der Waals surface area contributed by atoms with Gasteiger partial charge in [-0.3, -0.25) is 4.57 Å². The van der Waals surface area contributed by atoms with Crippen LogP contribution in [0.3, 0.4) is 0 Å². The largest absolute Gasteiger partial charge is 0.473 e. The minimum Gasteiger partial charge on any atom is -0.473 e. The van der Waals surface area contributed by atoms with E-state index in [0.717, 1.165) is 22.6 Å². The monoisotopic (exact) mass is 237 g/mol. The van der Waals surface area contributed by atoms with Gasteiger partial charge >= 0.3 is 0 Å². The molecule has 1 heterocycles. The van der Waals surface area contributed by atoms with Gasteiger partial charge in [0.15, 0.2) is 6.73 Å². The summed E-state index contributed by atoms with van der Waals surface area (Å²) in [4.78, 5) is 4.50. The first-order valence-electron chi connectivity index (χ1n) is 5.85. The van der Waals surface area contributed by atoms with Crippen molar-refractivity contribution in [2.45, 2.75) is 13.7 Å². The number of benzene rings is 2. The van der Waals surface area contributed by atoms with Crippen molar-refractivity contribution >= 4 is 11.0 Å². The van der Waals surface area contributed by atoms with E-state index in [4.69, 9.17) is 4.74 Å². The molecule has 0 atom stereocenters. The molecule has 3 nitrogen and oxygen atoms in total. The molecule has 1 aromatic heterocycles. The maximum Gasteiger partial charge on any atom is 0.166 e. The highest BCUT2D eigenvalue weighted by molar-refractivity contribution is 5.75. The summed E-state index contributed by atoms with van der Waals surface area (Å²) in [6.45, 7) is 2.46. The van der Waals surface area contributed by atoms with Crippen molar-refractivity contribution in [2.75, 3.05) is 0 Å². The molecule has 3 heteroatoms. The summed E-state index contributed by atoms with van der Waals surface area (Å²) in [7, 11) is 0. The third kappa shape index (κ3) is 1.95. The average molecular weight is 237 g/mol. The molecule has 0 fully saturated rings. The zero-order valence-electron chi connectivity index (χ0n) is 10.1. The second-order valence-corrected chi connectivity index (χ2v) is 4.08. The maximum atomic E-state index is 5.74. The molecule has 0 saturated carbocycles. The van der Waals surface area contributed by atoms with Gasteiger partial charge in [-0.05, 0) is 37.3 Å². The molecule has 0 amide bonds. The zero-order chi connectivity index (χ0) is 12.4. The van der Waals surface area contributed by atoms with E-state index >= 15 is 0 Å². The predicted molar refractivity (Wildman–Crippen MR) is 70.4 cm³/mol. The van der Waals surface area contributed by atoms with E-state index in [-0.39, 0.29) is 0 Å². The number of hydrogen-bond donors (Lipinski definition) is 0. The molecule has 0 bridgehead atoms. The van der Waals surface area contributed by atoms with Crippen LogP contribution in [-0.4, -0.2) is 9.55 Å². The molecule has 89 valence electrons. The Morgan fingerprint density at radius 1 is 1.17 bits per heavy atom. The summed E-state index contributed by atoms with van der Waals surface area (Å²) in [5.41, 5.74) is 2.09. The van der Waals surface area contributed by atoms with E-state index in [9.17, 15) is 0 Å². The number of hydrogen-bond acceptors (Lipinski definition) is 2. The Labute approximate surface area is 106 Å². The highest BCUT2D eigenvalue weighted by atomic mass is 16.5. The minimum absolute atomic E-state index is 0.469. The molecule has 0 N–H and O–H groups in total. The van der Waals surface area contributed by atoms with E-state index in [1.807, 2.05) is 49.4 Å². The van der Waals surface area contributed by atoms with Crippen LogP contribution < -0.4 is 4.74 Å². The van der Waals surface area contributed by atoms with Crippen molar-refractivity contribution in [1.82, 2.24) is 9.55 Å². The lowest BCUT2D eigenvalue weighted by atomic mass is 10.3. The van der Waals surface area contributed by atoms with Crippen LogP contribution in [0, 0.1) is 13.0 Å². The van der Waals surface area contributed by atoms with Gasteiger partial charge in [-0.2, -0.15) is 0 Å². The molecule has 18 heavy (non-hydrogen) atoms. The highest BCUT2D eigenvalue weighted by Gasteiger charge is 2.06. The number of aromatic nitrogens is 2. The summed E-state index contributed by atoms with van der Waals surface area (Å²) >= 11 is 0.